The zero-order chi connectivity index (χ0) is 17.2. The molecule has 2 aliphatic heterocycles. The number of nitrogens with zero attached hydrogens (tertiary/aromatic N) is 1. The molecule has 3 atom stereocenters. The van der Waals surface area contributed by atoms with Crippen LogP contribution in [-0.4, -0.2) is 62.5 Å². The molecule has 0 radical (unpaired) electrons. The molecule has 0 spiro atoms. The summed E-state index contributed by atoms with van der Waals surface area (Å²) in [4.78, 5) is 4.48. The van der Waals surface area contributed by atoms with Gasteiger partial charge < -0.3 is 20.1 Å². The van der Waals surface area contributed by atoms with E-state index in [9.17, 15) is 0 Å². The van der Waals surface area contributed by atoms with Crippen molar-refractivity contribution < 1.29 is 9.47 Å². The molecule has 1 aliphatic carbocycles. The van der Waals surface area contributed by atoms with E-state index in [4.69, 9.17) is 9.47 Å². The minimum Gasteiger partial charge on any atom is -0.381 e. The first-order valence-electron chi connectivity index (χ1n) is 9.24. The molecule has 0 aromatic heterocycles. The van der Waals surface area contributed by atoms with Gasteiger partial charge in [0.2, 0.25) is 0 Å². The highest BCUT2D eigenvalue weighted by Crippen LogP contribution is 2.51. The summed E-state index contributed by atoms with van der Waals surface area (Å²) < 4.78 is 11.8. The predicted molar refractivity (Wildman–Crippen MR) is 101 cm³/mol. The molecule has 3 fully saturated rings. The predicted octanol–water partition coefficient (Wildman–Crippen LogP) is 2.27. The molecule has 6 heteroatoms. The van der Waals surface area contributed by atoms with Crippen LogP contribution in [0.1, 0.15) is 39.5 Å². The molecule has 5 nitrogen and oxygen atoms in total. The molecule has 2 heterocycles. The van der Waals surface area contributed by atoms with Gasteiger partial charge in [0.25, 0.3) is 0 Å². The third-order valence-electron chi connectivity index (χ3n) is 6.26. The quantitative estimate of drug-likeness (QED) is 0.598. The number of nitrogens with one attached hydrogen (secondary N) is 2. The van der Waals surface area contributed by atoms with Crippen molar-refractivity contribution in [1.29, 1.82) is 0 Å². The maximum atomic E-state index is 6.01. The molecule has 3 aliphatic rings. The summed E-state index contributed by atoms with van der Waals surface area (Å²) in [5.41, 5.74) is 0.165. The third-order valence-corrected chi connectivity index (χ3v) is 7.68. The molecule has 1 saturated carbocycles. The van der Waals surface area contributed by atoms with Gasteiger partial charge in [0, 0.05) is 55.5 Å². The zero-order valence-corrected chi connectivity index (χ0v) is 16.4. The van der Waals surface area contributed by atoms with Crippen LogP contribution in [0, 0.1) is 11.3 Å². The smallest absolute Gasteiger partial charge is 0.191 e. The van der Waals surface area contributed by atoms with Gasteiger partial charge >= 0.3 is 0 Å². The van der Waals surface area contributed by atoms with E-state index in [1.807, 2.05) is 18.8 Å². The van der Waals surface area contributed by atoms with Gasteiger partial charge in [0.15, 0.2) is 5.96 Å². The van der Waals surface area contributed by atoms with Gasteiger partial charge in [-0.2, -0.15) is 11.8 Å². The molecule has 2 saturated heterocycles. The second-order valence-corrected chi connectivity index (χ2v) is 9.24. The highest BCUT2D eigenvalue weighted by molar-refractivity contribution is 8.00. The lowest BCUT2D eigenvalue weighted by Gasteiger charge is -2.60. The summed E-state index contributed by atoms with van der Waals surface area (Å²) in [7, 11) is 1.87. The average molecular weight is 356 g/mol. The van der Waals surface area contributed by atoms with Crippen LogP contribution in [0.25, 0.3) is 0 Å². The van der Waals surface area contributed by atoms with E-state index < -0.39 is 0 Å². The fourth-order valence-corrected chi connectivity index (χ4v) is 5.39. The number of rotatable bonds is 4. The first kappa shape index (κ1) is 18.3. The lowest BCUT2D eigenvalue weighted by Crippen LogP contribution is -2.71. The summed E-state index contributed by atoms with van der Waals surface area (Å²) in [6, 6.07) is 0.439. The van der Waals surface area contributed by atoms with E-state index in [-0.39, 0.29) is 10.2 Å². The average Bonchev–Trinajstić information content (AvgIpc) is 2.62. The second-order valence-electron chi connectivity index (χ2n) is 7.97. The lowest BCUT2D eigenvalue weighted by atomic mass is 9.55. The molecule has 0 amide bonds. The molecule has 0 aromatic carbocycles. The van der Waals surface area contributed by atoms with Crippen LogP contribution in [-0.2, 0) is 9.47 Å². The Morgan fingerprint density at radius 3 is 2.67 bits per heavy atom. The normalized spacial score (nSPS) is 34.8. The number of ether oxygens (including phenoxy) is 2. The van der Waals surface area contributed by atoms with Gasteiger partial charge in [-0.25, -0.2) is 0 Å². The van der Waals surface area contributed by atoms with E-state index in [0.29, 0.717) is 18.1 Å². The highest BCUT2D eigenvalue weighted by Gasteiger charge is 2.58. The highest BCUT2D eigenvalue weighted by atomic mass is 32.2. The van der Waals surface area contributed by atoms with Crippen LogP contribution in [0.3, 0.4) is 0 Å². The van der Waals surface area contributed by atoms with E-state index in [2.05, 4.69) is 35.7 Å². The van der Waals surface area contributed by atoms with Crippen LogP contribution in [0.4, 0.5) is 0 Å². The van der Waals surface area contributed by atoms with E-state index in [0.717, 1.165) is 45.2 Å². The molecular formula is C18H33N3O2S. The number of guanidine groups is 1. The minimum absolute atomic E-state index is 0.165. The Bertz CT molecular complexity index is 463. The van der Waals surface area contributed by atoms with E-state index >= 15 is 0 Å². The zero-order valence-electron chi connectivity index (χ0n) is 15.6. The van der Waals surface area contributed by atoms with Gasteiger partial charge in [-0.1, -0.05) is 13.8 Å². The Morgan fingerprint density at radius 1 is 1.25 bits per heavy atom. The standard InChI is InChI=1S/C18H33N3O2S/c1-17(2)14(13-6-5-9-23-15(13)17)21-16(19-3)20-12-18(24-4)7-10-22-11-8-18/h13-15H,5-12H2,1-4H3,(H2,19,20,21). The topological polar surface area (TPSA) is 54.9 Å². The summed E-state index contributed by atoms with van der Waals surface area (Å²) in [5, 5.41) is 7.28. The number of thioether (sulfide) groups is 1. The van der Waals surface area contributed by atoms with Crippen LogP contribution in [0.15, 0.2) is 4.99 Å². The molecular weight excluding hydrogens is 322 g/mol. The van der Waals surface area contributed by atoms with Crippen LogP contribution in [0.5, 0.6) is 0 Å². The van der Waals surface area contributed by atoms with Crippen LogP contribution >= 0.6 is 11.8 Å². The van der Waals surface area contributed by atoms with Gasteiger partial charge in [0.05, 0.1) is 6.10 Å². The Morgan fingerprint density at radius 2 is 2.00 bits per heavy atom. The van der Waals surface area contributed by atoms with E-state index in [1.165, 1.54) is 12.8 Å². The fourth-order valence-electron chi connectivity index (χ4n) is 4.60. The van der Waals surface area contributed by atoms with E-state index in [1.54, 1.807) is 0 Å². The van der Waals surface area contributed by atoms with Gasteiger partial charge in [0.1, 0.15) is 0 Å². The molecule has 3 rings (SSSR count). The summed E-state index contributed by atoms with van der Waals surface area (Å²) in [6.45, 7) is 8.22. The molecule has 138 valence electrons. The summed E-state index contributed by atoms with van der Waals surface area (Å²) >= 11 is 1.96. The minimum atomic E-state index is 0.165. The van der Waals surface area contributed by atoms with Gasteiger partial charge in [-0.15, -0.1) is 0 Å². The van der Waals surface area contributed by atoms with Crippen molar-refractivity contribution in [1.82, 2.24) is 10.6 Å². The first-order chi connectivity index (χ1) is 11.5. The third kappa shape index (κ3) is 3.42. The van der Waals surface area contributed by atoms with Crippen molar-refractivity contribution in [3.05, 3.63) is 0 Å². The van der Waals surface area contributed by atoms with Gasteiger partial charge in [-0.3, -0.25) is 4.99 Å². The van der Waals surface area contributed by atoms with Crippen molar-refractivity contribution >= 4 is 17.7 Å². The lowest BCUT2D eigenvalue weighted by molar-refractivity contribution is -0.188. The first-order valence-corrected chi connectivity index (χ1v) is 10.5. The fraction of sp³-hybridized carbons (Fsp3) is 0.944. The van der Waals surface area contributed by atoms with Crippen molar-refractivity contribution in [3.8, 4) is 0 Å². The second kappa shape index (κ2) is 7.42. The Hall–Kier alpha value is -0.460. The number of aliphatic imine (C=N–C) groups is 1. The van der Waals surface area contributed by atoms with Crippen molar-refractivity contribution in [3.63, 3.8) is 0 Å². The molecule has 24 heavy (non-hydrogen) atoms. The number of fused-ring (bicyclic) bond motifs is 1. The van der Waals surface area contributed by atoms with Crippen molar-refractivity contribution in [2.24, 2.45) is 16.3 Å². The van der Waals surface area contributed by atoms with Crippen LogP contribution < -0.4 is 10.6 Å². The van der Waals surface area contributed by atoms with Crippen LogP contribution in [0.2, 0.25) is 0 Å². The summed E-state index contributed by atoms with van der Waals surface area (Å²) in [6.07, 6.45) is 7.25. The van der Waals surface area contributed by atoms with Crippen molar-refractivity contribution in [2.45, 2.75) is 56.4 Å². The monoisotopic (exact) mass is 355 g/mol. The maximum Gasteiger partial charge on any atom is 0.191 e. The molecule has 2 N–H and O–H groups in total. The van der Waals surface area contributed by atoms with Gasteiger partial charge in [-0.05, 0) is 31.9 Å². The Kier molecular flexibility index (Phi) is 5.67. The SMILES string of the molecule is CN=C(NCC1(SC)CCOCC1)NC1C2CCCOC2C1(C)C. The maximum absolute atomic E-state index is 6.01. The largest absolute Gasteiger partial charge is 0.381 e. The molecule has 3 unspecified atom stereocenters. The molecule has 0 aromatic rings. The summed E-state index contributed by atoms with van der Waals surface area (Å²) in [5.74, 6) is 1.54. The number of hydrogen-bond acceptors (Lipinski definition) is 4. The van der Waals surface area contributed by atoms with Crippen molar-refractivity contribution in [2.75, 3.05) is 39.7 Å². The Balaban J connectivity index is 1.57. The number of hydrogen-bond donors (Lipinski definition) is 2. The Labute approximate surface area is 150 Å². The molecule has 0 bridgehead atoms.